The van der Waals surface area contributed by atoms with Crippen molar-refractivity contribution >= 4 is 11.7 Å². The SMILES string of the molecule is C=C(C)CON=C(C)C(=O)[O-].[Na+]. The van der Waals surface area contributed by atoms with Gasteiger partial charge in [-0.25, -0.2) is 0 Å². The van der Waals surface area contributed by atoms with Crippen molar-refractivity contribution in [3.8, 4) is 0 Å². The molecule has 0 amide bonds. The number of carbonyl (C=O) groups excluding carboxylic acids is 1. The number of oxime groups is 1. The van der Waals surface area contributed by atoms with E-state index in [9.17, 15) is 9.90 Å². The molecule has 12 heavy (non-hydrogen) atoms. The average Bonchev–Trinajstić information content (AvgIpc) is 1.86. The minimum atomic E-state index is -1.33. The van der Waals surface area contributed by atoms with Crippen molar-refractivity contribution in [2.75, 3.05) is 6.61 Å². The maximum atomic E-state index is 10.0. The van der Waals surface area contributed by atoms with Crippen molar-refractivity contribution in [3.05, 3.63) is 12.2 Å². The summed E-state index contributed by atoms with van der Waals surface area (Å²) in [5, 5.41) is 13.3. The maximum Gasteiger partial charge on any atom is 1.00 e. The first-order valence-corrected chi connectivity index (χ1v) is 3.06. The third-order valence-electron chi connectivity index (χ3n) is 0.808. The zero-order valence-corrected chi connectivity index (χ0v) is 9.59. The van der Waals surface area contributed by atoms with Crippen LogP contribution >= 0.6 is 0 Å². The summed E-state index contributed by atoms with van der Waals surface area (Å²) in [4.78, 5) is 14.6. The van der Waals surface area contributed by atoms with Crippen molar-refractivity contribution in [1.29, 1.82) is 0 Å². The molecule has 0 fully saturated rings. The molecule has 0 saturated carbocycles. The number of carboxylic acids is 1. The van der Waals surface area contributed by atoms with Crippen LogP contribution in [0.5, 0.6) is 0 Å². The van der Waals surface area contributed by atoms with Crippen LogP contribution in [0.2, 0.25) is 0 Å². The number of carboxylic acid groups (broad SMARTS) is 1. The molecule has 0 aliphatic rings. The Balaban J connectivity index is 0. The van der Waals surface area contributed by atoms with E-state index in [0.29, 0.717) is 0 Å². The van der Waals surface area contributed by atoms with Crippen molar-refractivity contribution in [2.24, 2.45) is 5.16 Å². The van der Waals surface area contributed by atoms with Crippen molar-refractivity contribution in [1.82, 2.24) is 0 Å². The van der Waals surface area contributed by atoms with Gasteiger partial charge in [0.1, 0.15) is 6.61 Å². The number of aliphatic carboxylic acids is 1. The first-order chi connectivity index (χ1) is 5.04. The Morgan fingerprint density at radius 3 is 2.42 bits per heavy atom. The molecule has 0 radical (unpaired) electrons. The second-order valence-electron chi connectivity index (χ2n) is 2.19. The van der Waals surface area contributed by atoms with Crippen LogP contribution in [-0.4, -0.2) is 18.3 Å². The normalized spacial score (nSPS) is 10.0. The third kappa shape index (κ3) is 7.78. The summed E-state index contributed by atoms with van der Waals surface area (Å²) in [6, 6.07) is 0. The number of rotatable bonds is 4. The van der Waals surface area contributed by atoms with E-state index in [1.165, 1.54) is 6.92 Å². The van der Waals surface area contributed by atoms with E-state index >= 15 is 0 Å². The van der Waals surface area contributed by atoms with Crippen molar-refractivity contribution < 1.29 is 44.3 Å². The van der Waals surface area contributed by atoms with Gasteiger partial charge in [0.15, 0.2) is 0 Å². The molecule has 0 unspecified atom stereocenters. The van der Waals surface area contributed by atoms with E-state index < -0.39 is 5.97 Å². The Morgan fingerprint density at radius 1 is 1.58 bits per heavy atom. The molecule has 4 nitrogen and oxygen atoms in total. The predicted octanol–water partition coefficient (Wildman–Crippen LogP) is -3.29. The summed E-state index contributed by atoms with van der Waals surface area (Å²) in [5.74, 6) is -1.33. The largest absolute Gasteiger partial charge is 1.00 e. The minimum Gasteiger partial charge on any atom is -0.543 e. The molecule has 0 aromatic heterocycles. The van der Waals surface area contributed by atoms with Gasteiger partial charge in [0.2, 0.25) is 0 Å². The maximum absolute atomic E-state index is 10.0. The van der Waals surface area contributed by atoms with Crippen molar-refractivity contribution in [2.45, 2.75) is 13.8 Å². The Kier molecular flexibility index (Phi) is 8.69. The molecule has 0 bridgehead atoms. The van der Waals surface area contributed by atoms with Crippen LogP contribution in [0.15, 0.2) is 17.3 Å². The summed E-state index contributed by atoms with van der Waals surface area (Å²) in [6.45, 7) is 6.82. The molecular formula is C7H10NNaO3. The quantitative estimate of drug-likeness (QED) is 0.197. The third-order valence-corrected chi connectivity index (χ3v) is 0.808. The fraction of sp³-hybridized carbons (Fsp3) is 0.429. The molecule has 0 rings (SSSR count). The number of hydrogen-bond acceptors (Lipinski definition) is 4. The van der Waals surface area contributed by atoms with Crippen LogP contribution in [0.25, 0.3) is 0 Å². The number of carbonyl (C=O) groups is 1. The molecular weight excluding hydrogens is 169 g/mol. The van der Waals surface area contributed by atoms with Crippen LogP contribution in [-0.2, 0) is 9.63 Å². The number of hydrogen-bond donors (Lipinski definition) is 0. The Morgan fingerprint density at radius 2 is 2.08 bits per heavy atom. The molecule has 62 valence electrons. The van der Waals surface area contributed by atoms with Crippen LogP contribution in [0.3, 0.4) is 0 Å². The molecule has 0 spiro atoms. The molecule has 0 N–H and O–H groups in total. The first-order valence-electron chi connectivity index (χ1n) is 3.06. The second kappa shape index (κ2) is 7.34. The van der Waals surface area contributed by atoms with Gasteiger partial charge >= 0.3 is 29.6 Å². The molecule has 5 heteroatoms. The standard InChI is InChI=1S/C7H11NO3.Na/c1-5(2)4-11-8-6(3)7(9)10;/h1,4H2,2-3H3,(H,9,10);/q;+1/p-1. The van der Waals surface area contributed by atoms with Gasteiger partial charge in [0.05, 0.1) is 11.7 Å². The zero-order chi connectivity index (χ0) is 8.85. The van der Waals surface area contributed by atoms with E-state index in [1.807, 2.05) is 0 Å². The van der Waals surface area contributed by atoms with E-state index in [-0.39, 0.29) is 41.9 Å². The van der Waals surface area contributed by atoms with Crippen LogP contribution < -0.4 is 34.7 Å². The van der Waals surface area contributed by atoms with E-state index in [1.54, 1.807) is 6.92 Å². The molecule has 0 aliphatic heterocycles. The van der Waals surface area contributed by atoms with Crippen LogP contribution in [0, 0.1) is 0 Å². The summed E-state index contributed by atoms with van der Waals surface area (Å²) in [5.41, 5.74) is 0.603. The Hall–Kier alpha value is -0.320. The average molecular weight is 179 g/mol. The van der Waals surface area contributed by atoms with Crippen LogP contribution in [0.4, 0.5) is 0 Å². The van der Waals surface area contributed by atoms with Crippen LogP contribution in [0.1, 0.15) is 13.8 Å². The van der Waals surface area contributed by atoms with Gasteiger partial charge in [-0.15, -0.1) is 0 Å². The van der Waals surface area contributed by atoms with E-state index in [2.05, 4.69) is 16.6 Å². The Labute approximate surface area is 93.6 Å². The molecule has 0 aromatic rings. The monoisotopic (exact) mass is 179 g/mol. The van der Waals surface area contributed by atoms with Gasteiger partial charge in [-0.05, 0) is 19.4 Å². The zero-order valence-electron chi connectivity index (χ0n) is 7.59. The summed E-state index contributed by atoms with van der Waals surface area (Å²) in [6.07, 6.45) is 0. The predicted molar refractivity (Wildman–Crippen MR) is 38.9 cm³/mol. The number of nitrogens with zero attached hydrogens (tertiary/aromatic N) is 1. The summed E-state index contributed by atoms with van der Waals surface area (Å²) < 4.78 is 0. The van der Waals surface area contributed by atoms with Gasteiger partial charge in [0.25, 0.3) is 0 Å². The fourth-order valence-electron chi connectivity index (χ4n) is 0.277. The molecule has 0 aromatic carbocycles. The molecule has 0 saturated heterocycles. The van der Waals surface area contributed by atoms with Gasteiger partial charge < -0.3 is 14.7 Å². The van der Waals surface area contributed by atoms with E-state index in [4.69, 9.17) is 0 Å². The first kappa shape index (κ1) is 14.2. The summed E-state index contributed by atoms with van der Waals surface area (Å²) in [7, 11) is 0. The van der Waals surface area contributed by atoms with Gasteiger partial charge in [-0.1, -0.05) is 11.7 Å². The smallest absolute Gasteiger partial charge is 0.543 e. The van der Waals surface area contributed by atoms with Gasteiger partial charge in [0, 0.05) is 0 Å². The topological polar surface area (TPSA) is 61.7 Å². The minimum absolute atomic E-state index is 0. The summed E-state index contributed by atoms with van der Waals surface area (Å²) >= 11 is 0. The van der Waals surface area contributed by atoms with Gasteiger partial charge in [-0.2, -0.15) is 0 Å². The molecule has 0 heterocycles. The van der Waals surface area contributed by atoms with Crippen molar-refractivity contribution in [3.63, 3.8) is 0 Å². The van der Waals surface area contributed by atoms with Gasteiger partial charge in [-0.3, -0.25) is 0 Å². The fourth-order valence-corrected chi connectivity index (χ4v) is 0.277. The molecule has 0 atom stereocenters. The molecule has 0 aliphatic carbocycles. The Bertz CT molecular complexity index is 201. The second-order valence-corrected chi connectivity index (χ2v) is 2.19. The van der Waals surface area contributed by atoms with E-state index in [0.717, 1.165) is 5.57 Å².